The van der Waals surface area contributed by atoms with Crippen LogP contribution in [0.5, 0.6) is 0 Å². The molecule has 5 heteroatoms. The summed E-state index contributed by atoms with van der Waals surface area (Å²) >= 11 is 0. The molecule has 1 aromatic heterocycles. The van der Waals surface area contributed by atoms with Crippen LogP contribution < -0.4 is 4.90 Å². The number of rotatable bonds is 5. The van der Waals surface area contributed by atoms with E-state index in [1.807, 2.05) is 25.3 Å². The van der Waals surface area contributed by atoms with Crippen LogP contribution in [-0.4, -0.2) is 41.0 Å². The van der Waals surface area contributed by atoms with E-state index < -0.39 is 0 Å². The molecule has 1 aliphatic heterocycles. The first-order valence-electron chi connectivity index (χ1n) is 9.34. The predicted octanol–water partition coefficient (Wildman–Crippen LogP) is 3.18. The van der Waals surface area contributed by atoms with E-state index in [1.54, 1.807) is 0 Å². The molecule has 2 aromatic rings. The monoisotopic (exact) mass is 349 g/mol. The number of nitriles is 1. The zero-order valence-electron chi connectivity index (χ0n) is 15.9. The lowest BCUT2D eigenvalue weighted by Crippen LogP contribution is -2.46. The average Bonchev–Trinajstić information content (AvgIpc) is 2.62. The third-order valence-electron chi connectivity index (χ3n) is 4.76. The molecule has 0 amide bonds. The van der Waals surface area contributed by atoms with Gasteiger partial charge in [0.25, 0.3) is 0 Å². The Balaban J connectivity index is 1.66. The topological polar surface area (TPSA) is 56.1 Å². The van der Waals surface area contributed by atoms with Crippen molar-refractivity contribution in [3.63, 3.8) is 0 Å². The second kappa shape index (κ2) is 8.29. The third kappa shape index (κ3) is 4.59. The Morgan fingerprint density at radius 2 is 1.92 bits per heavy atom. The molecule has 1 aromatic carbocycles. The van der Waals surface area contributed by atoms with Crippen LogP contribution in [0.2, 0.25) is 0 Å². The van der Waals surface area contributed by atoms with Gasteiger partial charge in [-0.25, -0.2) is 9.97 Å². The molecule has 136 valence electrons. The molecule has 0 aliphatic carbocycles. The molecular weight excluding hydrogens is 322 g/mol. The van der Waals surface area contributed by atoms with Crippen molar-refractivity contribution in [3.05, 3.63) is 53.1 Å². The molecule has 5 nitrogen and oxygen atoms in total. The smallest absolute Gasteiger partial charge is 0.125 e. The molecule has 3 rings (SSSR count). The summed E-state index contributed by atoms with van der Waals surface area (Å²) in [4.78, 5) is 13.4. The van der Waals surface area contributed by atoms with Crippen LogP contribution in [0, 0.1) is 24.2 Å². The molecule has 26 heavy (non-hydrogen) atoms. The van der Waals surface area contributed by atoms with Crippen molar-refractivity contribution in [2.75, 3.05) is 31.1 Å². The largest absolute Gasteiger partial charge is 0.368 e. The minimum atomic E-state index is 0.615. The van der Waals surface area contributed by atoms with Gasteiger partial charge in [0.15, 0.2) is 0 Å². The Kier molecular flexibility index (Phi) is 5.85. The number of aromatic nitrogens is 2. The minimum Gasteiger partial charge on any atom is -0.368 e. The van der Waals surface area contributed by atoms with E-state index >= 15 is 0 Å². The van der Waals surface area contributed by atoms with Crippen LogP contribution in [-0.2, 0) is 13.0 Å². The molecule has 0 bridgehead atoms. The fourth-order valence-electron chi connectivity index (χ4n) is 3.50. The van der Waals surface area contributed by atoms with Crippen molar-refractivity contribution >= 4 is 5.69 Å². The molecule has 0 unspecified atom stereocenters. The minimum absolute atomic E-state index is 0.615. The fraction of sp³-hybridized carbons (Fsp3) is 0.476. The maximum absolute atomic E-state index is 9.49. The summed E-state index contributed by atoms with van der Waals surface area (Å²) in [6, 6.07) is 10.6. The van der Waals surface area contributed by atoms with E-state index in [2.05, 4.69) is 51.8 Å². The van der Waals surface area contributed by atoms with E-state index in [1.165, 1.54) is 5.56 Å². The second-order valence-corrected chi connectivity index (χ2v) is 7.42. The van der Waals surface area contributed by atoms with Gasteiger partial charge in [-0.2, -0.15) is 5.26 Å². The summed E-state index contributed by atoms with van der Waals surface area (Å²) in [5, 5.41) is 9.49. The van der Waals surface area contributed by atoms with Crippen molar-refractivity contribution in [3.8, 4) is 6.07 Å². The van der Waals surface area contributed by atoms with Crippen molar-refractivity contribution < 1.29 is 0 Å². The van der Waals surface area contributed by atoms with Gasteiger partial charge in [0.2, 0.25) is 0 Å². The molecule has 0 saturated carbocycles. The van der Waals surface area contributed by atoms with Crippen molar-refractivity contribution in [2.24, 2.45) is 5.92 Å². The standard InChI is InChI=1S/C21H27N5/c1-16(2)12-18-4-5-19(14-22)21(13-18)26-10-8-25(9-11-26)15-20-6-7-23-17(3)24-20/h4-7,13,16H,8-12,15H2,1-3H3. The summed E-state index contributed by atoms with van der Waals surface area (Å²) in [5.41, 5.74) is 4.25. The maximum Gasteiger partial charge on any atom is 0.125 e. The molecule has 1 fully saturated rings. The number of aryl methyl sites for hydroxylation is 1. The Hall–Kier alpha value is -2.45. The second-order valence-electron chi connectivity index (χ2n) is 7.42. The van der Waals surface area contributed by atoms with Crippen molar-refractivity contribution in [1.82, 2.24) is 14.9 Å². The van der Waals surface area contributed by atoms with E-state index in [0.29, 0.717) is 5.92 Å². The van der Waals surface area contributed by atoms with Crippen molar-refractivity contribution in [2.45, 2.75) is 33.7 Å². The van der Waals surface area contributed by atoms with Crippen molar-refractivity contribution in [1.29, 1.82) is 5.26 Å². The first-order valence-corrected chi connectivity index (χ1v) is 9.34. The zero-order valence-corrected chi connectivity index (χ0v) is 15.9. The number of hydrogen-bond acceptors (Lipinski definition) is 5. The average molecular weight is 349 g/mol. The zero-order chi connectivity index (χ0) is 18.5. The maximum atomic E-state index is 9.49. The Labute approximate surface area is 156 Å². The summed E-state index contributed by atoms with van der Waals surface area (Å²) in [6.45, 7) is 11.1. The van der Waals surface area contributed by atoms with Gasteiger partial charge in [-0.3, -0.25) is 4.90 Å². The Bertz CT molecular complexity index is 785. The highest BCUT2D eigenvalue weighted by molar-refractivity contribution is 5.61. The SMILES string of the molecule is Cc1nccc(CN2CCN(c3cc(CC(C)C)ccc3C#N)CC2)n1. The third-order valence-corrected chi connectivity index (χ3v) is 4.76. The molecule has 0 radical (unpaired) electrons. The summed E-state index contributed by atoms with van der Waals surface area (Å²) in [5.74, 6) is 1.44. The molecule has 1 saturated heterocycles. The van der Waals surface area contributed by atoms with Gasteiger partial charge in [-0.15, -0.1) is 0 Å². The van der Waals surface area contributed by atoms with Crippen LogP contribution in [0.4, 0.5) is 5.69 Å². The molecule has 1 aliphatic rings. The lowest BCUT2D eigenvalue weighted by molar-refractivity contribution is 0.247. The first-order chi connectivity index (χ1) is 12.5. The van der Waals surface area contributed by atoms with E-state index in [0.717, 1.165) is 61.9 Å². The number of benzene rings is 1. The van der Waals surface area contributed by atoms with Crippen LogP contribution in [0.1, 0.15) is 36.5 Å². The molecule has 0 atom stereocenters. The van der Waals surface area contributed by atoms with Gasteiger partial charge in [-0.05, 0) is 43.0 Å². The van der Waals surface area contributed by atoms with Crippen LogP contribution >= 0.6 is 0 Å². The van der Waals surface area contributed by atoms with E-state index in [9.17, 15) is 5.26 Å². The lowest BCUT2D eigenvalue weighted by Gasteiger charge is -2.36. The summed E-state index contributed by atoms with van der Waals surface area (Å²) < 4.78 is 0. The Morgan fingerprint density at radius 1 is 1.15 bits per heavy atom. The van der Waals surface area contributed by atoms with Crippen LogP contribution in [0.3, 0.4) is 0 Å². The van der Waals surface area contributed by atoms with E-state index in [4.69, 9.17) is 0 Å². The van der Waals surface area contributed by atoms with Gasteiger partial charge >= 0.3 is 0 Å². The first kappa shape index (κ1) is 18.3. The summed E-state index contributed by atoms with van der Waals surface area (Å²) in [7, 11) is 0. The van der Waals surface area contributed by atoms with Gasteiger partial charge in [0, 0.05) is 38.9 Å². The van der Waals surface area contributed by atoms with Crippen LogP contribution in [0.25, 0.3) is 0 Å². The highest BCUT2D eigenvalue weighted by Crippen LogP contribution is 2.25. The molecule has 0 spiro atoms. The lowest BCUT2D eigenvalue weighted by atomic mass is 10.00. The van der Waals surface area contributed by atoms with Gasteiger partial charge in [-0.1, -0.05) is 19.9 Å². The number of nitrogens with zero attached hydrogens (tertiary/aromatic N) is 5. The van der Waals surface area contributed by atoms with E-state index in [-0.39, 0.29) is 0 Å². The van der Waals surface area contributed by atoms with Gasteiger partial charge in [0.1, 0.15) is 11.9 Å². The fourth-order valence-corrected chi connectivity index (χ4v) is 3.50. The predicted molar refractivity (Wildman–Crippen MR) is 104 cm³/mol. The normalized spacial score (nSPS) is 15.3. The number of piperazine rings is 1. The quantitative estimate of drug-likeness (QED) is 0.830. The highest BCUT2D eigenvalue weighted by Gasteiger charge is 2.20. The Morgan fingerprint density at radius 3 is 2.58 bits per heavy atom. The van der Waals surface area contributed by atoms with Gasteiger partial charge in [0.05, 0.1) is 16.9 Å². The summed E-state index contributed by atoms with van der Waals surface area (Å²) in [6.07, 6.45) is 2.87. The number of anilines is 1. The molecule has 0 N–H and O–H groups in total. The number of hydrogen-bond donors (Lipinski definition) is 0. The highest BCUT2D eigenvalue weighted by atomic mass is 15.3. The molecule has 2 heterocycles. The van der Waals surface area contributed by atoms with Gasteiger partial charge < -0.3 is 4.90 Å². The van der Waals surface area contributed by atoms with Crippen LogP contribution in [0.15, 0.2) is 30.5 Å². The molecular formula is C21H27N5.